The maximum atomic E-state index is 2.45. The van der Waals surface area contributed by atoms with Crippen LogP contribution in [-0.2, 0) is 25.7 Å². The molecule has 0 bridgehead atoms. The molecule has 0 fully saturated rings. The van der Waals surface area contributed by atoms with Crippen LogP contribution in [0, 0.1) is 6.92 Å². The van der Waals surface area contributed by atoms with E-state index in [2.05, 4.69) is 158 Å². The zero-order chi connectivity index (χ0) is 33.2. The second-order valence-electron chi connectivity index (χ2n) is 14.0. The number of unbranched alkanes of at least 4 members (excludes halogenated alkanes) is 3. The van der Waals surface area contributed by atoms with Gasteiger partial charge in [-0.05, 0) is 136 Å². The van der Waals surface area contributed by atoms with Crippen LogP contribution in [0.15, 0.2) is 140 Å². The largest absolute Gasteiger partial charge is 0.345 e. The van der Waals surface area contributed by atoms with Gasteiger partial charge in [-0.2, -0.15) is 0 Å². The number of fused-ring (bicyclic) bond motifs is 3. The molecule has 0 saturated heterocycles. The Morgan fingerprint density at radius 1 is 0.449 bits per heavy atom. The lowest BCUT2D eigenvalue weighted by atomic mass is 9.86. The van der Waals surface area contributed by atoms with Gasteiger partial charge in [0.05, 0.1) is 0 Å². The van der Waals surface area contributed by atoms with Gasteiger partial charge in [0, 0.05) is 18.4 Å². The van der Waals surface area contributed by atoms with E-state index in [1.807, 2.05) is 0 Å². The molecule has 0 spiro atoms. The van der Waals surface area contributed by atoms with E-state index in [1.165, 1.54) is 117 Å². The highest BCUT2D eigenvalue weighted by Gasteiger charge is 2.17. The van der Waals surface area contributed by atoms with E-state index in [0.717, 1.165) is 6.42 Å². The molecule has 0 heterocycles. The Labute approximate surface area is 291 Å². The minimum atomic E-state index is 1.14. The third-order valence-electron chi connectivity index (χ3n) is 10.7. The molecule has 0 atom stereocenters. The number of benzene rings is 7. The van der Waals surface area contributed by atoms with Gasteiger partial charge in [-0.1, -0.05) is 134 Å². The summed E-state index contributed by atoms with van der Waals surface area (Å²) in [4.78, 5) is 2.32. The van der Waals surface area contributed by atoms with E-state index < -0.39 is 0 Å². The SMILES string of the molecule is Cc1ccc(-c2c3ccccc3c(-c3ccc(N(C)c4cccc(CCCCCCc5ccc6c(c5)CC6)c4)cc3)c3ccccc23)cc1. The molecule has 242 valence electrons. The minimum Gasteiger partial charge on any atom is -0.345 e. The quantitative estimate of drug-likeness (QED) is 0.101. The minimum absolute atomic E-state index is 1.14. The molecule has 8 rings (SSSR count). The monoisotopic (exact) mass is 635 g/mol. The maximum Gasteiger partial charge on any atom is 0.0410 e. The molecule has 0 unspecified atom stereocenters. The number of aryl methyl sites for hydroxylation is 5. The third-order valence-corrected chi connectivity index (χ3v) is 10.7. The van der Waals surface area contributed by atoms with E-state index in [-0.39, 0.29) is 0 Å². The first-order valence-electron chi connectivity index (χ1n) is 18.2. The van der Waals surface area contributed by atoms with E-state index in [4.69, 9.17) is 0 Å². The third kappa shape index (κ3) is 6.39. The Bertz CT molecular complexity index is 2180. The van der Waals surface area contributed by atoms with Crippen LogP contribution in [0.1, 0.15) is 53.5 Å². The van der Waals surface area contributed by atoms with Crippen LogP contribution in [0.3, 0.4) is 0 Å². The Hall–Kier alpha value is -5.14. The van der Waals surface area contributed by atoms with Crippen LogP contribution >= 0.6 is 0 Å². The van der Waals surface area contributed by atoms with Crippen LogP contribution < -0.4 is 4.90 Å². The van der Waals surface area contributed by atoms with Crippen molar-refractivity contribution in [3.8, 4) is 22.3 Å². The molecule has 0 aliphatic heterocycles. The summed E-state index contributed by atoms with van der Waals surface area (Å²) in [5, 5.41) is 5.17. The highest BCUT2D eigenvalue weighted by molar-refractivity contribution is 6.21. The molecule has 49 heavy (non-hydrogen) atoms. The summed E-state index contributed by atoms with van der Waals surface area (Å²) in [5.74, 6) is 0. The van der Waals surface area contributed by atoms with Crippen molar-refractivity contribution in [3.63, 3.8) is 0 Å². The van der Waals surface area contributed by atoms with E-state index in [1.54, 1.807) is 11.1 Å². The summed E-state index contributed by atoms with van der Waals surface area (Å²) in [5.41, 5.74) is 14.9. The van der Waals surface area contributed by atoms with E-state index >= 15 is 0 Å². The van der Waals surface area contributed by atoms with Crippen molar-refractivity contribution in [3.05, 3.63) is 167 Å². The van der Waals surface area contributed by atoms with Gasteiger partial charge in [-0.25, -0.2) is 0 Å². The number of rotatable bonds is 11. The maximum absolute atomic E-state index is 2.45. The molecule has 0 aromatic heterocycles. The first-order valence-corrected chi connectivity index (χ1v) is 18.2. The van der Waals surface area contributed by atoms with Gasteiger partial charge in [0.25, 0.3) is 0 Å². The van der Waals surface area contributed by atoms with E-state index in [0.29, 0.717) is 0 Å². The second kappa shape index (κ2) is 13.8. The highest BCUT2D eigenvalue weighted by atomic mass is 15.1. The molecule has 7 aromatic rings. The summed E-state index contributed by atoms with van der Waals surface area (Å²) in [6, 6.07) is 52.2. The van der Waals surface area contributed by atoms with Gasteiger partial charge < -0.3 is 4.90 Å². The van der Waals surface area contributed by atoms with Gasteiger partial charge in [0.15, 0.2) is 0 Å². The zero-order valence-corrected chi connectivity index (χ0v) is 28.9. The average Bonchev–Trinajstić information content (AvgIpc) is 3.13. The zero-order valence-electron chi connectivity index (χ0n) is 28.9. The predicted molar refractivity (Wildman–Crippen MR) is 211 cm³/mol. The number of hydrogen-bond donors (Lipinski definition) is 0. The Morgan fingerprint density at radius 3 is 1.51 bits per heavy atom. The van der Waals surface area contributed by atoms with E-state index in [9.17, 15) is 0 Å². The normalized spacial score (nSPS) is 12.2. The molecule has 1 heteroatoms. The van der Waals surface area contributed by atoms with Crippen molar-refractivity contribution < 1.29 is 0 Å². The molecule has 1 aliphatic rings. The van der Waals surface area contributed by atoms with Gasteiger partial charge in [0.1, 0.15) is 0 Å². The lowest BCUT2D eigenvalue weighted by Gasteiger charge is -2.22. The lowest BCUT2D eigenvalue weighted by molar-refractivity contribution is 0.639. The Kier molecular flexibility index (Phi) is 8.75. The molecule has 0 N–H and O–H groups in total. The molecular weight excluding hydrogens is 591 g/mol. The molecule has 1 aliphatic carbocycles. The first-order chi connectivity index (χ1) is 24.1. The summed E-state index contributed by atoms with van der Waals surface area (Å²) < 4.78 is 0. The highest BCUT2D eigenvalue weighted by Crippen LogP contribution is 2.44. The number of hydrogen-bond acceptors (Lipinski definition) is 1. The van der Waals surface area contributed by atoms with Crippen molar-refractivity contribution >= 4 is 32.9 Å². The number of nitrogens with zero attached hydrogens (tertiary/aromatic N) is 1. The standard InChI is InChI=1S/C48H45N/c1-34-20-23-38(24-21-34)47-43-16-7-9-18-45(43)48(46-19-10-8-17-44(46)47)39-28-30-41(31-29-39)49(2)42-15-11-14-35(33-42)12-5-3-4-6-13-36-22-25-37-26-27-40(37)32-36/h7-11,14-25,28-33H,3-6,12-13,26-27H2,1-2H3. The fourth-order valence-corrected chi connectivity index (χ4v) is 7.81. The number of anilines is 2. The summed E-state index contributed by atoms with van der Waals surface area (Å²) >= 11 is 0. The van der Waals surface area contributed by atoms with Gasteiger partial charge in [-0.15, -0.1) is 0 Å². The van der Waals surface area contributed by atoms with Crippen molar-refractivity contribution in [2.45, 2.75) is 58.3 Å². The summed E-state index contributed by atoms with van der Waals surface area (Å²) in [7, 11) is 2.19. The first kappa shape index (κ1) is 31.1. The van der Waals surface area contributed by atoms with Crippen LogP contribution in [0.5, 0.6) is 0 Å². The second-order valence-corrected chi connectivity index (χ2v) is 14.0. The Morgan fingerprint density at radius 2 is 0.980 bits per heavy atom. The molecule has 0 saturated carbocycles. The lowest BCUT2D eigenvalue weighted by Crippen LogP contribution is -2.09. The fraction of sp³-hybridized carbons (Fsp3) is 0.208. The van der Waals surface area contributed by atoms with Gasteiger partial charge in [0.2, 0.25) is 0 Å². The molecular formula is C48H45N. The summed E-state index contributed by atoms with van der Waals surface area (Å²) in [6.07, 6.45) is 10.1. The molecule has 7 aromatic carbocycles. The Balaban J connectivity index is 0.981. The molecule has 1 nitrogen and oxygen atoms in total. The summed E-state index contributed by atoms with van der Waals surface area (Å²) in [6.45, 7) is 2.15. The average molecular weight is 636 g/mol. The smallest absolute Gasteiger partial charge is 0.0410 e. The van der Waals surface area contributed by atoms with Gasteiger partial charge >= 0.3 is 0 Å². The van der Waals surface area contributed by atoms with Gasteiger partial charge in [-0.3, -0.25) is 0 Å². The molecule has 0 amide bonds. The molecule has 0 radical (unpaired) electrons. The topological polar surface area (TPSA) is 3.24 Å². The van der Waals surface area contributed by atoms with Crippen LogP contribution in [-0.4, -0.2) is 7.05 Å². The van der Waals surface area contributed by atoms with Crippen molar-refractivity contribution in [2.75, 3.05) is 11.9 Å². The van der Waals surface area contributed by atoms with Crippen LogP contribution in [0.4, 0.5) is 11.4 Å². The van der Waals surface area contributed by atoms with Crippen LogP contribution in [0.25, 0.3) is 43.8 Å². The van der Waals surface area contributed by atoms with Crippen molar-refractivity contribution in [1.82, 2.24) is 0 Å². The van der Waals surface area contributed by atoms with Crippen molar-refractivity contribution in [1.29, 1.82) is 0 Å². The van der Waals surface area contributed by atoms with Crippen molar-refractivity contribution in [2.24, 2.45) is 0 Å². The predicted octanol–water partition coefficient (Wildman–Crippen LogP) is 12.8. The van der Waals surface area contributed by atoms with Crippen LogP contribution in [0.2, 0.25) is 0 Å². The fourth-order valence-electron chi connectivity index (χ4n) is 7.81.